The van der Waals surface area contributed by atoms with Crippen molar-refractivity contribution in [2.75, 3.05) is 17.2 Å². The Bertz CT molecular complexity index is 954. The van der Waals surface area contributed by atoms with Crippen LogP contribution in [0.1, 0.15) is 18.5 Å². The summed E-state index contributed by atoms with van der Waals surface area (Å²) >= 11 is 0. The van der Waals surface area contributed by atoms with Crippen molar-refractivity contribution in [3.8, 4) is 5.75 Å². The van der Waals surface area contributed by atoms with Gasteiger partial charge in [0.05, 0.1) is 0 Å². The lowest BCUT2D eigenvalue weighted by molar-refractivity contribution is -0.119. The first-order valence-electron chi connectivity index (χ1n) is 8.91. The standard InChI is InChI=1S/C21H22N4O3/c1-15-7-3-4-10-19(15)28-14-20(26)23-17-8-5-9-18(13-17)24-21(27)16(2)25-12-6-11-22-25/h3-13,16H,14H2,1-2H3,(H,23,26)(H,24,27). The second kappa shape index (κ2) is 8.85. The number of rotatable bonds is 7. The summed E-state index contributed by atoms with van der Waals surface area (Å²) < 4.78 is 7.12. The molecule has 7 heteroatoms. The minimum atomic E-state index is -0.448. The summed E-state index contributed by atoms with van der Waals surface area (Å²) in [6.07, 6.45) is 3.36. The fraction of sp³-hybridized carbons (Fsp3) is 0.190. The molecule has 0 aliphatic heterocycles. The first kappa shape index (κ1) is 19.2. The van der Waals surface area contributed by atoms with Crippen molar-refractivity contribution >= 4 is 23.2 Å². The molecule has 0 aliphatic carbocycles. The predicted octanol–water partition coefficient (Wildman–Crippen LogP) is 3.41. The number of aryl methyl sites for hydroxylation is 1. The molecule has 28 heavy (non-hydrogen) atoms. The van der Waals surface area contributed by atoms with Crippen molar-refractivity contribution < 1.29 is 14.3 Å². The molecule has 144 valence electrons. The highest BCUT2D eigenvalue weighted by Gasteiger charge is 2.15. The Hall–Kier alpha value is -3.61. The van der Waals surface area contributed by atoms with Gasteiger partial charge in [0, 0.05) is 23.8 Å². The molecule has 1 heterocycles. The third kappa shape index (κ3) is 4.97. The van der Waals surface area contributed by atoms with E-state index in [1.165, 1.54) is 0 Å². The van der Waals surface area contributed by atoms with Crippen molar-refractivity contribution in [3.05, 3.63) is 72.6 Å². The van der Waals surface area contributed by atoms with Crippen LogP contribution in [0.2, 0.25) is 0 Å². The van der Waals surface area contributed by atoms with Crippen LogP contribution in [0, 0.1) is 6.92 Å². The molecule has 1 aromatic heterocycles. The maximum absolute atomic E-state index is 12.4. The Kier molecular flexibility index (Phi) is 6.06. The zero-order chi connectivity index (χ0) is 19.9. The molecule has 0 fully saturated rings. The number of anilines is 2. The molecule has 0 saturated heterocycles. The van der Waals surface area contributed by atoms with E-state index in [9.17, 15) is 9.59 Å². The van der Waals surface area contributed by atoms with Crippen LogP contribution in [0.15, 0.2) is 67.0 Å². The molecule has 3 rings (SSSR count). The highest BCUT2D eigenvalue weighted by atomic mass is 16.5. The van der Waals surface area contributed by atoms with Crippen molar-refractivity contribution in [2.24, 2.45) is 0 Å². The van der Waals surface area contributed by atoms with Gasteiger partial charge in [-0.3, -0.25) is 14.3 Å². The molecular formula is C21H22N4O3. The van der Waals surface area contributed by atoms with E-state index in [2.05, 4.69) is 15.7 Å². The van der Waals surface area contributed by atoms with Gasteiger partial charge >= 0.3 is 0 Å². The molecule has 0 radical (unpaired) electrons. The van der Waals surface area contributed by atoms with Gasteiger partial charge in [0.1, 0.15) is 11.8 Å². The van der Waals surface area contributed by atoms with E-state index in [0.29, 0.717) is 17.1 Å². The van der Waals surface area contributed by atoms with Crippen LogP contribution in [0.25, 0.3) is 0 Å². The molecule has 0 spiro atoms. The van der Waals surface area contributed by atoms with Crippen LogP contribution >= 0.6 is 0 Å². The van der Waals surface area contributed by atoms with Crippen LogP contribution in [0.3, 0.4) is 0 Å². The number of amides is 2. The zero-order valence-electron chi connectivity index (χ0n) is 15.8. The molecule has 7 nitrogen and oxygen atoms in total. The molecular weight excluding hydrogens is 356 g/mol. The van der Waals surface area contributed by atoms with Gasteiger partial charge in [-0.25, -0.2) is 0 Å². The van der Waals surface area contributed by atoms with Crippen LogP contribution in [-0.4, -0.2) is 28.2 Å². The van der Waals surface area contributed by atoms with E-state index >= 15 is 0 Å². The third-order valence-electron chi connectivity index (χ3n) is 4.17. The third-order valence-corrected chi connectivity index (χ3v) is 4.17. The number of ether oxygens (including phenoxy) is 1. The van der Waals surface area contributed by atoms with E-state index in [4.69, 9.17) is 4.74 Å². The average Bonchev–Trinajstić information content (AvgIpc) is 3.22. The summed E-state index contributed by atoms with van der Waals surface area (Å²) in [5.41, 5.74) is 2.12. The Morgan fingerprint density at radius 1 is 1.07 bits per heavy atom. The summed E-state index contributed by atoms with van der Waals surface area (Å²) in [6, 6.07) is 15.8. The van der Waals surface area contributed by atoms with Crippen molar-refractivity contribution in [3.63, 3.8) is 0 Å². The predicted molar refractivity (Wildman–Crippen MR) is 107 cm³/mol. The Balaban J connectivity index is 1.56. The monoisotopic (exact) mass is 378 g/mol. The average molecular weight is 378 g/mol. The Morgan fingerprint density at radius 2 is 1.82 bits per heavy atom. The summed E-state index contributed by atoms with van der Waals surface area (Å²) in [7, 11) is 0. The SMILES string of the molecule is Cc1ccccc1OCC(=O)Nc1cccc(NC(=O)C(C)n2cccn2)c1. The summed E-state index contributed by atoms with van der Waals surface area (Å²) in [5, 5.41) is 9.67. The van der Waals surface area contributed by atoms with Gasteiger partial charge in [0.2, 0.25) is 5.91 Å². The summed E-state index contributed by atoms with van der Waals surface area (Å²) in [4.78, 5) is 24.5. The minimum absolute atomic E-state index is 0.0994. The quantitative estimate of drug-likeness (QED) is 0.660. The van der Waals surface area contributed by atoms with Crippen LogP contribution in [-0.2, 0) is 9.59 Å². The molecule has 0 bridgehead atoms. The fourth-order valence-electron chi connectivity index (χ4n) is 2.61. The van der Waals surface area contributed by atoms with Gasteiger partial charge in [-0.05, 0) is 49.7 Å². The molecule has 1 atom stereocenters. The Morgan fingerprint density at radius 3 is 2.54 bits per heavy atom. The van der Waals surface area contributed by atoms with Crippen molar-refractivity contribution in [2.45, 2.75) is 19.9 Å². The van der Waals surface area contributed by atoms with E-state index in [1.807, 2.05) is 31.2 Å². The lowest BCUT2D eigenvalue weighted by Crippen LogP contribution is -2.24. The van der Waals surface area contributed by atoms with E-state index in [1.54, 1.807) is 54.3 Å². The maximum atomic E-state index is 12.4. The number of benzene rings is 2. The summed E-state index contributed by atoms with van der Waals surface area (Å²) in [5.74, 6) is 0.193. The molecule has 1 unspecified atom stereocenters. The molecule has 0 aliphatic rings. The van der Waals surface area contributed by atoms with Gasteiger partial charge in [-0.2, -0.15) is 5.10 Å². The molecule has 2 N–H and O–H groups in total. The molecule has 3 aromatic rings. The topological polar surface area (TPSA) is 85.3 Å². The van der Waals surface area contributed by atoms with Crippen LogP contribution < -0.4 is 15.4 Å². The van der Waals surface area contributed by atoms with Gasteiger partial charge in [-0.1, -0.05) is 24.3 Å². The number of hydrogen-bond donors (Lipinski definition) is 2. The number of nitrogens with one attached hydrogen (secondary N) is 2. The Labute approximate surface area is 163 Å². The van der Waals surface area contributed by atoms with Gasteiger partial charge in [0.15, 0.2) is 6.61 Å². The fourth-order valence-corrected chi connectivity index (χ4v) is 2.61. The second-order valence-corrected chi connectivity index (χ2v) is 6.33. The van der Waals surface area contributed by atoms with E-state index in [0.717, 1.165) is 5.56 Å². The highest BCUT2D eigenvalue weighted by molar-refractivity contribution is 5.95. The molecule has 0 saturated carbocycles. The van der Waals surface area contributed by atoms with Gasteiger partial charge in [0.25, 0.3) is 5.91 Å². The first-order chi connectivity index (χ1) is 13.5. The van der Waals surface area contributed by atoms with E-state index < -0.39 is 6.04 Å². The maximum Gasteiger partial charge on any atom is 0.262 e. The lowest BCUT2D eigenvalue weighted by atomic mass is 10.2. The zero-order valence-corrected chi connectivity index (χ0v) is 15.8. The normalized spacial score (nSPS) is 11.5. The van der Waals surface area contributed by atoms with E-state index in [-0.39, 0.29) is 18.4 Å². The molecule has 2 aromatic carbocycles. The number of carbonyl (C=O) groups excluding carboxylic acids is 2. The van der Waals surface area contributed by atoms with Crippen LogP contribution in [0.4, 0.5) is 11.4 Å². The van der Waals surface area contributed by atoms with Crippen molar-refractivity contribution in [1.82, 2.24) is 9.78 Å². The van der Waals surface area contributed by atoms with Crippen LogP contribution in [0.5, 0.6) is 5.75 Å². The lowest BCUT2D eigenvalue weighted by Gasteiger charge is -2.14. The highest BCUT2D eigenvalue weighted by Crippen LogP contribution is 2.18. The van der Waals surface area contributed by atoms with Gasteiger partial charge < -0.3 is 15.4 Å². The number of hydrogen-bond acceptors (Lipinski definition) is 4. The number of carbonyl (C=O) groups is 2. The number of aromatic nitrogens is 2. The summed E-state index contributed by atoms with van der Waals surface area (Å²) in [6.45, 7) is 3.58. The largest absolute Gasteiger partial charge is 0.483 e. The van der Waals surface area contributed by atoms with Gasteiger partial charge in [-0.15, -0.1) is 0 Å². The minimum Gasteiger partial charge on any atom is -0.483 e. The second-order valence-electron chi connectivity index (χ2n) is 6.33. The first-order valence-corrected chi connectivity index (χ1v) is 8.91. The smallest absolute Gasteiger partial charge is 0.262 e. The number of para-hydroxylation sites is 1. The number of nitrogens with zero attached hydrogens (tertiary/aromatic N) is 2. The molecule has 2 amide bonds. The van der Waals surface area contributed by atoms with Crippen molar-refractivity contribution in [1.29, 1.82) is 0 Å².